The summed E-state index contributed by atoms with van der Waals surface area (Å²) in [6, 6.07) is 0.153. The summed E-state index contributed by atoms with van der Waals surface area (Å²) < 4.78 is 9.59. The van der Waals surface area contributed by atoms with E-state index in [1.54, 1.807) is 0 Å². The Bertz CT molecular complexity index is 385. The van der Waals surface area contributed by atoms with Crippen LogP contribution in [0.5, 0.6) is 6.01 Å². The second kappa shape index (κ2) is 6.46. The van der Waals surface area contributed by atoms with Crippen molar-refractivity contribution in [1.82, 2.24) is 15.0 Å². The van der Waals surface area contributed by atoms with Gasteiger partial charge in [-0.25, -0.2) is 0 Å². The number of ether oxygens (including phenoxy) is 2. The Morgan fingerprint density at radius 1 is 1.41 bits per heavy atom. The van der Waals surface area contributed by atoms with Gasteiger partial charge < -0.3 is 20.5 Å². The smallest absolute Gasteiger partial charge is 0.323 e. The number of nitrogens with two attached hydrogens (primary N) is 1. The number of rotatable bonds is 6. The fourth-order valence-corrected chi connectivity index (χ4v) is 1.02. The van der Waals surface area contributed by atoms with E-state index in [9.17, 15) is 4.79 Å². The lowest BCUT2D eigenvalue weighted by molar-refractivity contribution is -0.140. The van der Waals surface area contributed by atoms with Crippen LogP contribution in [0.15, 0.2) is 0 Å². The van der Waals surface area contributed by atoms with Crippen molar-refractivity contribution in [3.05, 3.63) is 0 Å². The fourth-order valence-electron chi connectivity index (χ4n) is 1.02. The Labute approximate surface area is 98.6 Å². The van der Waals surface area contributed by atoms with E-state index in [2.05, 4.69) is 25.0 Å². The minimum atomic E-state index is -0.315. The van der Waals surface area contributed by atoms with E-state index in [4.69, 9.17) is 10.5 Å². The Kier molecular flexibility index (Phi) is 4.92. The maximum atomic E-state index is 10.9. The molecular formula is C9H15N5O3. The van der Waals surface area contributed by atoms with E-state index < -0.39 is 0 Å². The van der Waals surface area contributed by atoms with Crippen LogP contribution in [0.25, 0.3) is 0 Å². The number of nitrogen functional groups attached to an aromatic ring is 1. The van der Waals surface area contributed by atoms with Gasteiger partial charge in [-0.1, -0.05) is 0 Å². The number of anilines is 2. The average Bonchev–Trinajstić information content (AvgIpc) is 2.28. The number of nitrogens with zero attached hydrogens (tertiary/aromatic N) is 3. The first-order chi connectivity index (χ1) is 8.15. The molecule has 1 aromatic rings. The molecule has 8 nitrogen and oxygen atoms in total. The Hall–Kier alpha value is -2.12. The first-order valence-electron chi connectivity index (χ1n) is 5.10. The Morgan fingerprint density at radius 2 is 2.18 bits per heavy atom. The van der Waals surface area contributed by atoms with E-state index in [1.807, 2.05) is 6.92 Å². The highest BCUT2D eigenvalue weighted by atomic mass is 16.5. The van der Waals surface area contributed by atoms with Crippen molar-refractivity contribution >= 4 is 17.9 Å². The molecule has 17 heavy (non-hydrogen) atoms. The van der Waals surface area contributed by atoms with Crippen molar-refractivity contribution in [3.8, 4) is 6.01 Å². The minimum absolute atomic E-state index is 0.0593. The van der Waals surface area contributed by atoms with Crippen LogP contribution in [0.1, 0.15) is 13.3 Å². The van der Waals surface area contributed by atoms with Gasteiger partial charge in [0.15, 0.2) is 0 Å². The Balaban J connectivity index is 2.55. The van der Waals surface area contributed by atoms with Gasteiger partial charge in [0.1, 0.15) is 0 Å². The number of esters is 1. The van der Waals surface area contributed by atoms with Crippen molar-refractivity contribution in [2.24, 2.45) is 0 Å². The zero-order valence-corrected chi connectivity index (χ0v) is 9.77. The predicted molar refractivity (Wildman–Crippen MR) is 60.5 cm³/mol. The Morgan fingerprint density at radius 3 is 2.82 bits per heavy atom. The largest absolute Gasteiger partial charge is 0.469 e. The summed E-state index contributed by atoms with van der Waals surface area (Å²) in [7, 11) is 1.33. The van der Waals surface area contributed by atoms with Crippen LogP contribution >= 0.6 is 0 Å². The molecule has 0 saturated heterocycles. The van der Waals surface area contributed by atoms with Crippen molar-refractivity contribution in [1.29, 1.82) is 0 Å². The quantitative estimate of drug-likeness (QED) is 0.660. The normalized spacial score (nSPS) is 9.76. The summed E-state index contributed by atoms with van der Waals surface area (Å²) in [5, 5.41) is 2.83. The number of nitrogens with one attached hydrogen (secondary N) is 1. The van der Waals surface area contributed by atoms with E-state index >= 15 is 0 Å². The second-order valence-corrected chi connectivity index (χ2v) is 2.99. The van der Waals surface area contributed by atoms with Crippen LogP contribution in [0.2, 0.25) is 0 Å². The molecule has 0 fully saturated rings. The highest BCUT2D eigenvalue weighted by Crippen LogP contribution is 2.08. The van der Waals surface area contributed by atoms with Crippen LogP contribution in [0.4, 0.5) is 11.9 Å². The highest BCUT2D eigenvalue weighted by Gasteiger charge is 2.05. The van der Waals surface area contributed by atoms with E-state index in [1.165, 1.54) is 7.11 Å². The first kappa shape index (κ1) is 12.9. The number of aromatic nitrogens is 3. The molecule has 1 rings (SSSR count). The number of carbonyl (C=O) groups excluding carboxylic acids is 1. The van der Waals surface area contributed by atoms with Gasteiger partial charge in [0.05, 0.1) is 20.1 Å². The molecule has 0 spiro atoms. The van der Waals surface area contributed by atoms with Gasteiger partial charge in [-0.3, -0.25) is 4.79 Å². The minimum Gasteiger partial charge on any atom is -0.469 e. The molecule has 0 aliphatic heterocycles. The molecule has 3 N–H and O–H groups in total. The molecule has 1 heterocycles. The van der Waals surface area contributed by atoms with Gasteiger partial charge in [0.25, 0.3) is 0 Å². The molecular weight excluding hydrogens is 226 g/mol. The summed E-state index contributed by atoms with van der Waals surface area (Å²) in [5.41, 5.74) is 5.47. The van der Waals surface area contributed by atoms with E-state index in [-0.39, 0.29) is 30.3 Å². The third-order valence-corrected chi connectivity index (χ3v) is 1.75. The monoisotopic (exact) mass is 241 g/mol. The summed E-state index contributed by atoms with van der Waals surface area (Å²) >= 11 is 0. The average molecular weight is 241 g/mol. The molecule has 1 aromatic heterocycles. The lowest BCUT2D eigenvalue weighted by atomic mass is 10.4. The number of methoxy groups -OCH3 is 1. The summed E-state index contributed by atoms with van der Waals surface area (Å²) in [4.78, 5) is 22.5. The highest BCUT2D eigenvalue weighted by molar-refractivity contribution is 5.69. The van der Waals surface area contributed by atoms with Gasteiger partial charge in [0, 0.05) is 6.54 Å². The van der Waals surface area contributed by atoms with Gasteiger partial charge in [0.2, 0.25) is 11.9 Å². The van der Waals surface area contributed by atoms with Crippen molar-refractivity contribution in [2.45, 2.75) is 13.3 Å². The molecule has 0 saturated carbocycles. The van der Waals surface area contributed by atoms with Gasteiger partial charge >= 0.3 is 12.0 Å². The number of carbonyl (C=O) groups is 1. The topological polar surface area (TPSA) is 112 Å². The number of hydrogen-bond donors (Lipinski definition) is 2. The molecule has 0 amide bonds. The summed E-state index contributed by atoms with van der Waals surface area (Å²) in [6.45, 7) is 2.59. The van der Waals surface area contributed by atoms with E-state index in [0.29, 0.717) is 13.2 Å². The fraction of sp³-hybridized carbons (Fsp3) is 0.556. The SMILES string of the molecule is CCOc1nc(N)nc(NCCC(=O)OC)n1. The van der Waals surface area contributed by atoms with Crippen LogP contribution in [0.3, 0.4) is 0 Å². The molecule has 0 radical (unpaired) electrons. The molecule has 0 atom stereocenters. The predicted octanol–water partition coefficient (Wildman–Crippen LogP) is -0.172. The second-order valence-electron chi connectivity index (χ2n) is 2.99. The van der Waals surface area contributed by atoms with Crippen LogP contribution < -0.4 is 15.8 Å². The molecule has 0 bridgehead atoms. The van der Waals surface area contributed by atoms with Gasteiger partial charge in [-0.15, -0.1) is 0 Å². The van der Waals surface area contributed by atoms with Crippen molar-refractivity contribution < 1.29 is 14.3 Å². The van der Waals surface area contributed by atoms with Gasteiger partial charge in [-0.05, 0) is 6.92 Å². The van der Waals surface area contributed by atoms with E-state index in [0.717, 1.165) is 0 Å². The van der Waals surface area contributed by atoms with Gasteiger partial charge in [-0.2, -0.15) is 15.0 Å². The van der Waals surface area contributed by atoms with Crippen LogP contribution in [-0.2, 0) is 9.53 Å². The third-order valence-electron chi connectivity index (χ3n) is 1.75. The lowest BCUT2D eigenvalue weighted by Crippen LogP contribution is -2.13. The standard InChI is InChI=1S/C9H15N5O3/c1-3-17-9-13-7(10)12-8(14-9)11-5-4-6(15)16-2/h3-5H2,1-2H3,(H3,10,11,12,13,14). The molecule has 0 unspecified atom stereocenters. The molecule has 0 aromatic carbocycles. The third kappa shape index (κ3) is 4.49. The molecule has 0 aliphatic rings. The summed E-state index contributed by atoms with van der Waals surface area (Å²) in [5.74, 6) is 0.0124. The zero-order valence-electron chi connectivity index (χ0n) is 9.77. The zero-order chi connectivity index (χ0) is 12.7. The molecule has 8 heteroatoms. The lowest BCUT2D eigenvalue weighted by Gasteiger charge is -2.06. The van der Waals surface area contributed by atoms with Crippen LogP contribution in [0, 0.1) is 0 Å². The summed E-state index contributed by atoms with van der Waals surface area (Å²) in [6.07, 6.45) is 0.214. The maximum absolute atomic E-state index is 10.9. The van der Waals surface area contributed by atoms with Crippen molar-refractivity contribution in [3.63, 3.8) is 0 Å². The van der Waals surface area contributed by atoms with Crippen LogP contribution in [-0.4, -0.2) is 41.2 Å². The van der Waals surface area contributed by atoms with Crippen molar-refractivity contribution in [2.75, 3.05) is 31.3 Å². The molecule has 94 valence electrons. The first-order valence-corrected chi connectivity index (χ1v) is 5.10. The molecule has 0 aliphatic carbocycles. The number of hydrogen-bond acceptors (Lipinski definition) is 8. The maximum Gasteiger partial charge on any atom is 0.323 e.